The average molecular weight is 246 g/mol. The summed E-state index contributed by atoms with van der Waals surface area (Å²) in [5, 5.41) is 11.6. The van der Waals surface area contributed by atoms with Crippen LogP contribution in [-0.4, -0.2) is 34.2 Å². The summed E-state index contributed by atoms with van der Waals surface area (Å²) in [7, 11) is 0. The molecule has 0 aromatic heterocycles. The van der Waals surface area contributed by atoms with E-state index in [4.69, 9.17) is 5.21 Å². The summed E-state index contributed by atoms with van der Waals surface area (Å²) in [5.41, 5.74) is 1.52. The van der Waals surface area contributed by atoms with Crippen LogP contribution in [0.25, 0.3) is 0 Å². The Morgan fingerprint density at radius 1 is 1.22 bits per heavy atom. The Hall–Kier alpha value is -2.17. The fraction of sp³-hybridized carbons (Fsp3) is 0.308. The van der Waals surface area contributed by atoms with Crippen molar-refractivity contribution in [2.45, 2.75) is 19.8 Å². The number of carbonyl (C=O) groups excluding carboxylic acids is 2. The first-order valence-electron chi connectivity index (χ1n) is 5.78. The normalized spacial score (nSPS) is 15.2. The first-order valence-corrected chi connectivity index (χ1v) is 5.78. The third kappa shape index (κ3) is 2.11. The molecule has 1 aliphatic heterocycles. The van der Waals surface area contributed by atoms with Gasteiger partial charge in [0.25, 0.3) is 11.8 Å². The van der Waals surface area contributed by atoms with Gasteiger partial charge in [-0.25, -0.2) is 0 Å². The van der Waals surface area contributed by atoms with Gasteiger partial charge in [0.2, 0.25) is 0 Å². The van der Waals surface area contributed by atoms with Gasteiger partial charge in [-0.1, -0.05) is 17.3 Å². The Balaban J connectivity index is 2.05. The lowest BCUT2D eigenvalue weighted by Gasteiger charge is -2.12. The van der Waals surface area contributed by atoms with E-state index in [9.17, 15) is 9.59 Å². The fourth-order valence-electron chi connectivity index (χ4n) is 1.99. The van der Waals surface area contributed by atoms with Crippen LogP contribution in [0.3, 0.4) is 0 Å². The minimum Gasteiger partial charge on any atom is -0.411 e. The quantitative estimate of drug-likeness (QED) is 0.382. The molecule has 0 saturated heterocycles. The summed E-state index contributed by atoms with van der Waals surface area (Å²) in [6, 6.07) is 6.82. The molecule has 0 bridgehead atoms. The van der Waals surface area contributed by atoms with E-state index in [2.05, 4.69) is 5.16 Å². The number of benzene rings is 1. The standard InChI is InChI=1S/C13H14N2O3/c1-9(14-18)5-4-8-15-12(16)10-6-2-3-7-11(10)13(15)17/h2-3,6-7,18H,4-5,8H2,1H3. The van der Waals surface area contributed by atoms with Gasteiger partial charge in [0, 0.05) is 6.54 Å². The molecule has 18 heavy (non-hydrogen) atoms. The van der Waals surface area contributed by atoms with E-state index in [0.29, 0.717) is 36.2 Å². The van der Waals surface area contributed by atoms with Gasteiger partial charge in [0.1, 0.15) is 0 Å². The van der Waals surface area contributed by atoms with Crippen LogP contribution in [0.5, 0.6) is 0 Å². The maximum absolute atomic E-state index is 12.0. The van der Waals surface area contributed by atoms with Crippen LogP contribution in [-0.2, 0) is 0 Å². The van der Waals surface area contributed by atoms with Crippen molar-refractivity contribution >= 4 is 17.5 Å². The maximum Gasteiger partial charge on any atom is 0.261 e. The molecule has 0 aliphatic carbocycles. The number of imide groups is 1. The van der Waals surface area contributed by atoms with E-state index < -0.39 is 0 Å². The zero-order valence-electron chi connectivity index (χ0n) is 10.1. The molecular formula is C13H14N2O3. The third-order valence-corrected chi connectivity index (χ3v) is 2.97. The lowest BCUT2D eigenvalue weighted by Crippen LogP contribution is -2.30. The molecule has 0 radical (unpaired) electrons. The second kappa shape index (κ2) is 5.00. The Labute approximate surface area is 105 Å². The smallest absolute Gasteiger partial charge is 0.261 e. The SMILES string of the molecule is CC(CCCN1C(=O)c2ccccc2C1=O)=NO. The molecule has 94 valence electrons. The van der Waals surface area contributed by atoms with E-state index in [1.54, 1.807) is 31.2 Å². The zero-order valence-corrected chi connectivity index (χ0v) is 10.1. The van der Waals surface area contributed by atoms with Crippen molar-refractivity contribution in [3.63, 3.8) is 0 Å². The van der Waals surface area contributed by atoms with Gasteiger partial charge < -0.3 is 5.21 Å². The summed E-state index contributed by atoms with van der Waals surface area (Å²) in [5.74, 6) is -0.483. The molecule has 0 atom stereocenters. The van der Waals surface area contributed by atoms with Gasteiger partial charge >= 0.3 is 0 Å². The topological polar surface area (TPSA) is 70.0 Å². The molecule has 2 amide bonds. The van der Waals surface area contributed by atoms with Crippen molar-refractivity contribution in [1.82, 2.24) is 4.90 Å². The van der Waals surface area contributed by atoms with Gasteiger partial charge in [-0.2, -0.15) is 0 Å². The number of fused-ring (bicyclic) bond motifs is 1. The second-order valence-electron chi connectivity index (χ2n) is 4.25. The molecule has 0 fully saturated rings. The van der Waals surface area contributed by atoms with Crippen LogP contribution in [0.15, 0.2) is 29.4 Å². The van der Waals surface area contributed by atoms with Gasteiger partial charge in [0.05, 0.1) is 16.8 Å². The molecule has 2 rings (SSSR count). The zero-order chi connectivity index (χ0) is 13.1. The molecule has 5 nitrogen and oxygen atoms in total. The van der Waals surface area contributed by atoms with Gasteiger partial charge in [0.15, 0.2) is 0 Å². The van der Waals surface area contributed by atoms with E-state index in [1.807, 2.05) is 0 Å². The van der Waals surface area contributed by atoms with Crippen molar-refractivity contribution in [2.24, 2.45) is 5.16 Å². The van der Waals surface area contributed by atoms with Crippen LogP contribution in [0.2, 0.25) is 0 Å². The monoisotopic (exact) mass is 246 g/mol. The fourth-order valence-corrected chi connectivity index (χ4v) is 1.99. The number of rotatable bonds is 4. The molecule has 1 aromatic carbocycles. The summed E-state index contributed by atoms with van der Waals surface area (Å²) >= 11 is 0. The predicted octanol–water partition coefficient (Wildman–Crippen LogP) is 1.91. The molecule has 1 aliphatic rings. The Morgan fingerprint density at radius 2 is 1.78 bits per heavy atom. The number of nitrogens with zero attached hydrogens (tertiary/aromatic N) is 2. The van der Waals surface area contributed by atoms with E-state index in [0.717, 1.165) is 0 Å². The van der Waals surface area contributed by atoms with Crippen molar-refractivity contribution < 1.29 is 14.8 Å². The highest BCUT2D eigenvalue weighted by molar-refractivity contribution is 6.21. The number of hydrogen-bond acceptors (Lipinski definition) is 4. The molecule has 1 heterocycles. The lowest BCUT2D eigenvalue weighted by molar-refractivity contribution is 0.0653. The average Bonchev–Trinajstić information content (AvgIpc) is 2.64. The number of hydrogen-bond donors (Lipinski definition) is 1. The highest BCUT2D eigenvalue weighted by Crippen LogP contribution is 2.22. The summed E-state index contributed by atoms with van der Waals surface area (Å²) in [6.45, 7) is 2.04. The Kier molecular flexibility index (Phi) is 3.41. The van der Waals surface area contributed by atoms with Crippen molar-refractivity contribution in [3.8, 4) is 0 Å². The van der Waals surface area contributed by atoms with Crippen LogP contribution >= 0.6 is 0 Å². The van der Waals surface area contributed by atoms with Gasteiger partial charge in [-0.3, -0.25) is 14.5 Å². The van der Waals surface area contributed by atoms with Crippen LogP contribution in [0.1, 0.15) is 40.5 Å². The molecular weight excluding hydrogens is 232 g/mol. The lowest BCUT2D eigenvalue weighted by atomic mass is 10.1. The predicted molar refractivity (Wildman–Crippen MR) is 65.9 cm³/mol. The van der Waals surface area contributed by atoms with Crippen molar-refractivity contribution in [2.75, 3.05) is 6.54 Å². The van der Waals surface area contributed by atoms with Crippen molar-refractivity contribution in [1.29, 1.82) is 0 Å². The van der Waals surface area contributed by atoms with E-state index in [1.165, 1.54) is 4.90 Å². The minimum absolute atomic E-state index is 0.241. The van der Waals surface area contributed by atoms with Crippen LogP contribution in [0.4, 0.5) is 0 Å². The Morgan fingerprint density at radius 3 is 2.28 bits per heavy atom. The maximum atomic E-state index is 12.0. The highest BCUT2D eigenvalue weighted by atomic mass is 16.4. The molecule has 1 N–H and O–H groups in total. The molecule has 0 saturated carbocycles. The van der Waals surface area contributed by atoms with Crippen LogP contribution in [0, 0.1) is 0 Å². The largest absolute Gasteiger partial charge is 0.411 e. The molecule has 0 spiro atoms. The minimum atomic E-state index is -0.241. The molecule has 5 heteroatoms. The van der Waals surface area contributed by atoms with Crippen LogP contribution < -0.4 is 0 Å². The van der Waals surface area contributed by atoms with E-state index in [-0.39, 0.29) is 11.8 Å². The molecule has 1 aromatic rings. The summed E-state index contributed by atoms with van der Waals surface area (Å²) < 4.78 is 0. The van der Waals surface area contributed by atoms with E-state index >= 15 is 0 Å². The molecule has 0 unspecified atom stereocenters. The van der Waals surface area contributed by atoms with Gasteiger partial charge in [-0.15, -0.1) is 0 Å². The first kappa shape index (κ1) is 12.3. The number of amides is 2. The number of oxime groups is 1. The second-order valence-corrected chi connectivity index (χ2v) is 4.25. The first-order chi connectivity index (χ1) is 8.65. The third-order valence-electron chi connectivity index (χ3n) is 2.97. The summed E-state index contributed by atoms with van der Waals surface area (Å²) in [4.78, 5) is 25.2. The van der Waals surface area contributed by atoms with Gasteiger partial charge in [-0.05, 0) is 31.9 Å². The Bertz CT molecular complexity index is 488. The summed E-state index contributed by atoms with van der Waals surface area (Å²) in [6.07, 6.45) is 1.16. The number of carbonyl (C=O) groups is 2. The van der Waals surface area contributed by atoms with Crippen molar-refractivity contribution in [3.05, 3.63) is 35.4 Å². The highest BCUT2D eigenvalue weighted by Gasteiger charge is 2.34.